The summed E-state index contributed by atoms with van der Waals surface area (Å²) in [4.78, 5) is 2.39. The van der Waals surface area contributed by atoms with Crippen molar-refractivity contribution in [3.05, 3.63) is 35.4 Å². The zero-order chi connectivity index (χ0) is 11.8. The summed E-state index contributed by atoms with van der Waals surface area (Å²) in [5.41, 5.74) is 8.35. The first-order valence-electron chi connectivity index (χ1n) is 6.17. The van der Waals surface area contributed by atoms with Gasteiger partial charge in [-0.15, -0.1) is 0 Å². The maximum atomic E-state index is 5.48. The van der Waals surface area contributed by atoms with Crippen molar-refractivity contribution in [2.45, 2.75) is 26.2 Å². The summed E-state index contributed by atoms with van der Waals surface area (Å²) >= 11 is 0. The van der Waals surface area contributed by atoms with Gasteiger partial charge in [-0.25, -0.2) is 0 Å². The summed E-state index contributed by atoms with van der Waals surface area (Å²) in [5.74, 6) is 0. The van der Waals surface area contributed by atoms with Gasteiger partial charge in [-0.3, -0.25) is 0 Å². The van der Waals surface area contributed by atoms with Crippen LogP contribution >= 0.6 is 0 Å². The van der Waals surface area contributed by atoms with Crippen molar-refractivity contribution in [3.63, 3.8) is 0 Å². The first-order chi connectivity index (χ1) is 7.74. The second-order valence-corrected chi connectivity index (χ2v) is 4.48. The number of nitrogens with zero attached hydrogens (tertiary/aromatic N) is 1. The highest BCUT2D eigenvalue weighted by molar-refractivity contribution is 5.25. The van der Waals surface area contributed by atoms with E-state index < -0.39 is 0 Å². The molecule has 0 atom stereocenters. The molecule has 1 aromatic carbocycles. The third kappa shape index (κ3) is 4.77. The van der Waals surface area contributed by atoms with Crippen LogP contribution in [0, 0.1) is 6.92 Å². The second-order valence-electron chi connectivity index (χ2n) is 4.48. The SMILES string of the molecule is Cc1ccccc1CCN(C)CCCCN. The lowest BCUT2D eigenvalue weighted by molar-refractivity contribution is 0.330. The number of likely N-dealkylation sites (N-methyl/N-ethyl adjacent to an activating group) is 1. The predicted octanol–water partition coefficient (Wildman–Crippen LogP) is 2.21. The van der Waals surface area contributed by atoms with Crippen molar-refractivity contribution >= 4 is 0 Å². The van der Waals surface area contributed by atoms with Gasteiger partial charge in [0, 0.05) is 6.54 Å². The van der Waals surface area contributed by atoms with Crippen LogP contribution in [0.25, 0.3) is 0 Å². The van der Waals surface area contributed by atoms with Crippen molar-refractivity contribution in [2.24, 2.45) is 5.73 Å². The number of hydrogen-bond acceptors (Lipinski definition) is 2. The molecule has 0 fully saturated rings. The summed E-state index contributed by atoms with van der Waals surface area (Å²) in [6.45, 7) is 5.29. The van der Waals surface area contributed by atoms with Gasteiger partial charge in [-0.1, -0.05) is 24.3 Å². The molecule has 0 saturated carbocycles. The molecule has 0 spiro atoms. The summed E-state index contributed by atoms with van der Waals surface area (Å²) in [7, 11) is 2.19. The Labute approximate surface area is 99.5 Å². The van der Waals surface area contributed by atoms with E-state index in [9.17, 15) is 0 Å². The summed E-state index contributed by atoms with van der Waals surface area (Å²) in [5, 5.41) is 0. The number of nitrogens with two attached hydrogens (primary N) is 1. The first-order valence-corrected chi connectivity index (χ1v) is 6.17. The van der Waals surface area contributed by atoms with E-state index in [0.717, 1.165) is 32.5 Å². The normalized spacial score (nSPS) is 11.0. The standard InChI is InChI=1S/C14H24N2/c1-13-7-3-4-8-14(13)9-12-16(2)11-6-5-10-15/h3-4,7-8H,5-6,9-12,15H2,1-2H3. The van der Waals surface area contributed by atoms with Crippen LogP contribution in [0.2, 0.25) is 0 Å². The fraction of sp³-hybridized carbons (Fsp3) is 0.571. The predicted molar refractivity (Wildman–Crippen MR) is 70.7 cm³/mol. The minimum Gasteiger partial charge on any atom is -0.330 e. The monoisotopic (exact) mass is 220 g/mol. The molecule has 1 aromatic rings. The molecule has 2 N–H and O–H groups in total. The highest BCUT2D eigenvalue weighted by Gasteiger charge is 2.00. The number of benzene rings is 1. The molecule has 16 heavy (non-hydrogen) atoms. The van der Waals surface area contributed by atoms with Gasteiger partial charge in [0.05, 0.1) is 0 Å². The molecule has 0 aliphatic rings. The van der Waals surface area contributed by atoms with Crippen LogP contribution < -0.4 is 5.73 Å². The quantitative estimate of drug-likeness (QED) is 0.714. The fourth-order valence-electron chi connectivity index (χ4n) is 1.84. The van der Waals surface area contributed by atoms with Gasteiger partial charge in [0.25, 0.3) is 0 Å². The van der Waals surface area contributed by atoms with E-state index in [4.69, 9.17) is 5.73 Å². The number of unbranched alkanes of at least 4 members (excludes halogenated alkanes) is 1. The molecule has 0 radical (unpaired) electrons. The summed E-state index contributed by atoms with van der Waals surface area (Å²) in [6, 6.07) is 8.63. The number of aryl methyl sites for hydroxylation is 1. The van der Waals surface area contributed by atoms with Crippen LogP contribution in [0.1, 0.15) is 24.0 Å². The van der Waals surface area contributed by atoms with Crippen molar-refractivity contribution in [1.82, 2.24) is 4.90 Å². The molecule has 0 aliphatic heterocycles. The van der Waals surface area contributed by atoms with E-state index in [0.29, 0.717) is 0 Å². The summed E-state index contributed by atoms with van der Waals surface area (Å²) in [6.07, 6.45) is 3.49. The maximum absolute atomic E-state index is 5.48. The zero-order valence-corrected chi connectivity index (χ0v) is 10.6. The Morgan fingerprint density at radius 1 is 1.12 bits per heavy atom. The molecule has 1 rings (SSSR count). The molecule has 0 heterocycles. The third-order valence-electron chi connectivity index (χ3n) is 3.02. The summed E-state index contributed by atoms with van der Waals surface area (Å²) < 4.78 is 0. The van der Waals surface area contributed by atoms with Gasteiger partial charge < -0.3 is 10.6 Å². The van der Waals surface area contributed by atoms with Crippen molar-refractivity contribution in [3.8, 4) is 0 Å². The lowest BCUT2D eigenvalue weighted by Crippen LogP contribution is -2.23. The van der Waals surface area contributed by atoms with Gasteiger partial charge in [-0.05, 0) is 57.5 Å². The largest absolute Gasteiger partial charge is 0.330 e. The fourth-order valence-corrected chi connectivity index (χ4v) is 1.84. The van der Waals surface area contributed by atoms with E-state index in [1.54, 1.807) is 0 Å². The molecule has 2 heteroatoms. The van der Waals surface area contributed by atoms with Crippen molar-refractivity contribution < 1.29 is 0 Å². The molecular formula is C14H24N2. The lowest BCUT2D eigenvalue weighted by Gasteiger charge is -2.16. The van der Waals surface area contributed by atoms with Gasteiger partial charge in [0.1, 0.15) is 0 Å². The van der Waals surface area contributed by atoms with Crippen molar-refractivity contribution in [1.29, 1.82) is 0 Å². The van der Waals surface area contributed by atoms with Gasteiger partial charge in [-0.2, -0.15) is 0 Å². The Hall–Kier alpha value is -0.860. The Bertz CT molecular complexity index is 297. The van der Waals surface area contributed by atoms with Crippen LogP contribution in [0.4, 0.5) is 0 Å². The molecule has 0 bridgehead atoms. The molecule has 0 amide bonds. The highest BCUT2D eigenvalue weighted by atomic mass is 15.1. The minimum absolute atomic E-state index is 0.811. The number of hydrogen-bond donors (Lipinski definition) is 1. The van der Waals surface area contributed by atoms with E-state index in [1.807, 2.05) is 0 Å². The third-order valence-corrected chi connectivity index (χ3v) is 3.02. The van der Waals surface area contributed by atoms with Gasteiger partial charge >= 0.3 is 0 Å². The van der Waals surface area contributed by atoms with Crippen LogP contribution in [-0.4, -0.2) is 31.6 Å². The number of rotatable bonds is 7. The molecule has 90 valence electrons. The molecule has 2 nitrogen and oxygen atoms in total. The Balaban J connectivity index is 2.26. The van der Waals surface area contributed by atoms with Crippen LogP contribution in [0.5, 0.6) is 0 Å². The average molecular weight is 220 g/mol. The smallest absolute Gasteiger partial charge is 0.00189 e. The second kappa shape index (κ2) is 7.42. The molecule has 0 aliphatic carbocycles. The molecule has 0 saturated heterocycles. The van der Waals surface area contributed by atoms with Crippen LogP contribution in [0.3, 0.4) is 0 Å². The highest BCUT2D eigenvalue weighted by Crippen LogP contribution is 2.08. The maximum Gasteiger partial charge on any atom is 0.00189 e. The van der Waals surface area contributed by atoms with E-state index in [2.05, 4.69) is 43.1 Å². The first kappa shape index (κ1) is 13.2. The topological polar surface area (TPSA) is 29.3 Å². The van der Waals surface area contributed by atoms with E-state index >= 15 is 0 Å². The lowest BCUT2D eigenvalue weighted by atomic mass is 10.1. The van der Waals surface area contributed by atoms with Gasteiger partial charge in [0.15, 0.2) is 0 Å². The zero-order valence-electron chi connectivity index (χ0n) is 10.6. The van der Waals surface area contributed by atoms with Crippen LogP contribution in [0.15, 0.2) is 24.3 Å². The Kier molecular flexibility index (Phi) is 6.12. The van der Waals surface area contributed by atoms with Crippen LogP contribution in [-0.2, 0) is 6.42 Å². The Morgan fingerprint density at radius 3 is 2.56 bits per heavy atom. The van der Waals surface area contributed by atoms with E-state index in [1.165, 1.54) is 17.5 Å². The van der Waals surface area contributed by atoms with Crippen molar-refractivity contribution in [2.75, 3.05) is 26.7 Å². The molecule has 0 unspecified atom stereocenters. The van der Waals surface area contributed by atoms with E-state index in [-0.39, 0.29) is 0 Å². The minimum atomic E-state index is 0.811. The molecule has 0 aromatic heterocycles. The Morgan fingerprint density at radius 2 is 1.88 bits per heavy atom. The molecular weight excluding hydrogens is 196 g/mol. The van der Waals surface area contributed by atoms with Gasteiger partial charge in [0.2, 0.25) is 0 Å². The average Bonchev–Trinajstić information content (AvgIpc) is 2.28.